The predicted octanol–water partition coefficient (Wildman–Crippen LogP) is 2.87. The molecule has 0 unspecified atom stereocenters. The summed E-state index contributed by atoms with van der Waals surface area (Å²) in [5.41, 5.74) is -4.84. The number of hydrogen-bond acceptors (Lipinski definition) is 15. The van der Waals surface area contributed by atoms with Gasteiger partial charge in [0.15, 0.2) is 12.6 Å². The lowest BCUT2D eigenvalue weighted by atomic mass is 9.74. The lowest BCUT2D eigenvalue weighted by Gasteiger charge is -2.49. The van der Waals surface area contributed by atoms with Gasteiger partial charge in [-0.25, -0.2) is 0 Å². The van der Waals surface area contributed by atoms with Gasteiger partial charge in [0.25, 0.3) is 0 Å². The number of cyclic esters (lactones) is 1. The number of nitrogens with zero attached hydrogens (tertiary/aromatic N) is 2. The Morgan fingerprint density at radius 3 is 2.00 bits per heavy atom. The molecule has 3 fully saturated rings. The maximum atomic E-state index is 14.1. The molecule has 1 aromatic heterocycles. The minimum absolute atomic E-state index is 0.0936. The number of Topliss-reactive ketones (excluding diaryl/α,β-unsaturated/α-hetero) is 1. The van der Waals surface area contributed by atoms with Gasteiger partial charge >= 0.3 is 5.97 Å². The third-order valence-corrected chi connectivity index (χ3v) is 12.4. The highest BCUT2D eigenvalue weighted by atomic mass is 16.7. The Labute approximate surface area is 339 Å². The summed E-state index contributed by atoms with van der Waals surface area (Å²) in [4.78, 5) is 33.5. The molecule has 0 aliphatic carbocycles. The highest BCUT2D eigenvalue weighted by Crippen LogP contribution is 2.40. The van der Waals surface area contributed by atoms with Crippen LogP contribution in [0.3, 0.4) is 0 Å². The zero-order valence-corrected chi connectivity index (χ0v) is 36.3. The molecule has 15 nitrogen and oxygen atoms in total. The molecule has 3 aliphatic heterocycles. The van der Waals surface area contributed by atoms with E-state index in [1.165, 1.54) is 27.9 Å². The summed E-state index contributed by atoms with van der Waals surface area (Å²) in [6.07, 6.45) is -6.21. The van der Waals surface area contributed by atoms with Gasteiger partial charge < -0.3 is 58.9 Å². The van der Waals surface area contributed by atoms with E-state index >= 15 is 0 Å². The van der Waals surface area contributed by atoms with Gasteiger partial charge in [-0.15, -0.1) is 0 Å². The van der Waals surface area contributed by atoms with Crippen LogP contribution in [0.1, 0.15) is 94.9 Å². The molecule has 15 heteroatoms. The highest BCUT2D eigenvalue weighted by Gasteiger charge is 2.53. The van der Waals surface area contributed by atoms with Crippen LogP contribution < -0.4 is 0 Å². The van der Waals surface area contributed by atoms with E-state index in [9.17, 15) is 35.1 Å². The van der Waals surface area contributed by atoms with Crippen LogP contribution >= 0.6 is 0 Å². The Hall–Kier alpha value is -2.15. The monoisotopic (exact) mass is 813 g/mol. The molecule has 0 radical (unpaired) electrons. The maximum absolute atomic E-state index is 14.1. The van der Waals surface area contributed by atoms with Gasteiger partial charge in [-0.1, -0.05) is 33.8 Å². The summed E-state index contributed by atoms with van der Waals surface area (Å²) < 4.78 is 37.1. The molecule has 4 rings (SSSR count). The molecule has 1 aromatic rings. The van der Waals surface area contributed by atoms with Crippen LogP contribution in [0.25, 0.3) is 0 Å². The fourth-order valence-corrected chi connectivity index (χ4v) is 8.72. The lowest BCUT2D eigenvalue weighted by molar-refractivity contribution is -0.318. The first-order chi connectivity index (χ1) is 26.4. The number of aliphatic hydroxyl groups is 5. The Balaban J connectivity index is 0.00000132. The number of aromatic nitrogens is 1. The topological polar surface area (TPSA) is 207 Å². The quantitative estimate of drug-likeness (QED) is 0.251. The second-order valence-electron chi connectivity index (χ2n) is 17.5. The summed E-state index contributed by atoms with van der Waals surface area (Å²) in [6, 6.07) is 5.39. The molecule has 3 aliphatic rings. The summed E-state index contributed by atoms with van der Waals surface area (Å²) in [5, 5.41) is 57.6. The van der Waals surface area contributed by atoms with Gasteiger partial charge in [0.05, 0.1) is 47.6 Å². The van der Waals surface area contributed by atoms with Crippen LogP contribution in [0, 0.1) is 23.7 Å². The smallest absolute Gasteiger partial charge is 0.311 e. The summed E-state index contributed by atoms with van der Waals surface area (Å²) in [7, 11) is 5.18. The van der Waals surface area contributed by atoms with Crippen LogP contribution in [0.2, 0.25) is 0 Å². The maximum Gasteiger partial charge on any atom is 0.311 e. The SMILES string of the molecule is CC[C@H]1OC(=O)[C@H](C)[C@@H](O[C@H]2C[C@@](C)(OC)[C@@H](O)[C@H](C)O2)[C@@H](C)[C@@H](O[C@@H]2O[C@H](C)C[C@H](N(C)C)[C@H]2O)[C@](C)(O)C[C@@H](C)C(=O)[C@H](C)[C@H](O)[C@]1(C)O.c1ccncc1. The number of esters is 1. The summed E-state index contributed by atoms with van der Waals surface area (Å²) in [6.45, 7) is 16.3. The lowest BCUT2D eigenvalue weighted by Crippen LogP contribution is -2.61. The fourth-order valence-electron chi connectivity index (χ4n) is 8.72. The average Bonchev–Trinajstić information content (AvgIpc) is 3.16. The largest absolute Gasteiger partial charge is 0.459 e. The molecule has 57 heavy (non-hydrogen) atoms. The van der Waals surface area contributed by atoms with E-state index in [2.05, 4.69) is 4.98 Å². The van der Waals surface area contributed by atoms with Gasteiger partial charge in [0.2, 0.25) is 0 Å². The number of ketones is 1. The van der Waals surface area contributed by atoms with E-state index in [0.29, 0.717) is 6.42 Å². The van der Waals surface area contributed by atoms with Crippen molar-refractivity contribution in [2.75, 3.05) is 21.2 Å². The van der Waals surface area contributed by atoms with E-state index < -0.39 is 108 Å². The van der Waals surface area contributed by atoms with Crippen molar-refractivity contribution >= 4 is 11.8 Å². The first-order valence-corrected chi connectivity index (χ1v) is 20.3. The second-order valence-corrected chi connectivity index (χ2v) is 17.5. The van der Waals surface area contributed by atoms with E-state index in [-0.39, 0.29) is 31.4 Å². The van der Waals surface area contributed by atoms with Gasteiger partial charge in [-0.05, 0) is 87.0 Å². The van der Waals surface area contributed by atoms with Crippen molar-refractivity contribution in [1.29, 1.82) is 0 Å². The van der Waals surface area contributed by atoms with Crippen molar-refractivity contribution in [1.82, 2.24) is 9.88 Å². The van der Waals surface area contributed by atoms with Gasteiger partial charge in [-0.2, -0.15) is 0 Å². The summed E-state index contributed by atoms with van der Waals surface area (Å²) >= 11 is 0. The van der Waals surface area contributed by atoms with Crippen molar-refractivity contribution in [2.45, 2.75) is 179 Å². The fraction of sp³-hybridized carbons (Fsp3) is 0.833. The third-order valence-electron chi connectivity index (χ3n) is 12.4. The molecule has 0 spiro atoms. The third kappa shape index (κ3) is 11.8. The summed E-state index contributed by atoms with van der Waals surface area (Å²) in [5.74, 6) is -4.98. The predicted molar refractivity (Wildman–Crippen MR) is 210 cm³/mol. The first kappa shape index (κ1) is 49.2. The molecule has 5 N–H and O–H groups in total. The number of aliphatic hydroxyl groups excluding tert-OH is 3. The van der Waals surface area contributed by atoms with Crippen LogP contribution in [-0.2, 0) is 38.0 Å². The number of carbonyl (C=O) groups excluding carboxylic acids is 2. The molecular weight excluding hydrogens is 740 g/mol. The number of likely N-dealkylation sites (N-methyl/N-ethyl adjacent to an activating group) is 1. The van der Waals surface area contributed by atoms with E-state index in [0.717, 1.165) is 0 Å². The Bertz CT molecular complexity index is 1370. The number of ether oxygens (including phenoxy) is 6. The molecule has 0 bridgehead atoms. The molecule has 4 heterocycles. The molecule has 0 amide bonds. The minimum atomic E-state index is -1.99. The van der Waals surface area contributed by atoms with E-state index in [1.54, 1.807) is 53.9 Å². The number of pyridine rings is 1. The first-order valence-electron chi connectivity index (χ1n) is 20.3. The zero-order valence-electron chi connectivity index (χ0n) is 36.3. The van der Waals surface area contributed by atoms with Crippen molar-refractivity contribution in [2.24, 2.45) is 23.7 Å². The van der Waals surface area contributed by atoms with E-state index in [4.69, 9.17) is 28.4 Å². The molecule has 0 saturated carbocycles. The Kier molecular flexibility index (Phi) is 17.6. The van der Waals surface area contributed by atoms with E-state index in [1.807, 2.05) is 44.1 Å². The molecular formula is C42H72N2O13. The number of methoxy groups -OCH3 is 1. The van der Waals surface area contributed by atoms with Crippen molar-refractivity contribution < 1.29 is 63.5 Å². The standard InChI is InChI=1S/C37H67NO13.C5H5N/c1-14-25-37(10,45)30(41)20(4)27(39)18(2)16-35(8,44)32(51-34-28(40)24(38(11)12)15-19(3)47-34)21(5)29(22(6)33(43)49-25)50-26-17-36(9,46-13)31(42)23(7)48-26;1-2-4-6-5-3-1/h18-26,28-32,34,40-42,44-45H,14-17H2,1-13H3;1-5H/t18-,19-,20+,21-,22-,23+,24+,25-,26+,28-,29+,30+,31+,32-,34+,35-,36-,37-;/m1./s1. The second kappa shape index (κ2) is 20.4. The van der Waals surface area contributed by atoms with Gasteiger partial charge in [0.1, 0.15) is 29.7 Å². The Morgan fingerprint density at radius 1 is 0.877 bits per heavy atom. The van der Waals surface area contributed by atoms with Crippen LogP contribution in [0.15, 0.2) is 30.6 Å². The highest BCUT2D eigenvalue weighted by molar-refractivity contribution is 5.83. The van der Waals surface area contributed by atoms with Crippen molar-refractivity contribution in [3.8, 4) is 0 Å². The Morgan fingerprint density at radius 2 is 1.49 bits per heavy atom. The average molecular weight is 813 g/mol. The van der Waals surface area contributed by atoms with Crippen molar-refractivity contribution in [3.63, 3.8) is 0 Å². The number of rotatable bonds is 7. The van der Waals surface area contributed by atoms with Gasteiger partial charge in [-0.3, -0.25) is 14.6 Å². The van der Waals surface area contributed by atoms with Crippen LogP contribution in [0.4, 0.5) is 0 Å². The number of carbonyl (C=O) groups is 2. The van der Waals surface area contributed by atoms with Gasteiger partial charge in [0, 0.05) is 49.7 Å². The zero-order chi connectivity index (χ0) is 43.2. The molecule has 328 valence electrons. The molecule has 0 aromatic carbocycles. The van der Waals surface area contributed by atoms with Crippen LogP contribution in [-0.4, -0.2) is 153 Å². The number of hydrogen-bond donors (Lipinski definition) is 5. The normalized spacial score (nSPS) is 45.4. The van der Waals surface area contributed by atoms with Crippen LogP contribution in [0.5, 0.6) is 0 Å². The van der Waals surface area contributed by atoms with Crippen molar-refractivity contribution in [3.05, 3.63) is 30.6 Å². The minimum Gasteiger partial charge on any atom is -0.459 e. The molecule has 18 atom stereocenters. The molecule has 3 saturated heterocycles.